The molecule has 1 atom stereocenters. The minimum Gasteiger partial charge on any atom is -0.389 e. The van der Waals surface area contributed by atoms with E-state index in [2.05, 4.69) is 5.32 Å². The van der Waals surface area contributed by atoms with Crippen LogP contribution in [0.15, 0.2) is 41.8 Å². The number of hydrogen-bond donors (Lipinski definition) is 2. The summed E-state index contributed by atoms with van der Waals surface area (Å²) in [6.07, 6.45) is -0.596. The Hall–Kier alpha value is -1.27. The van der Waals surface area contributed by atoms with Gasteiger partial charge in [-0.25, -0.2) is 4.39 Å². The number of halogens is 1. The first-order chi connectivity index (χ1) is 9.75. The van der Waals surface area contributed by atoms with Crippen LogP contribution in [-0.4, -0.2) is 24.4 Å². The first-order valence-electron chi connectivity index (χ1n) is 6.48. The molecular formula is C15H18FNO2S. The predicted molar refractivity (Wildman–Crippen MR) is 78.1 cm³/mol. The minimum absolute atomic E-state index is 0.233. The maximum Gasteiger partial charge on any atom is 0.127 e. The number of nitrogens with one attached hydrogen (secondary N) is 1. The highest BCUT2D eigenvalue weighted by Gasteiger charge is 2.06. The average Bonchev–Trinajstić information content (AvgIpc) is 2.94. The van der Waals surface area contributed by atoms with Gasteiger partial charge in [-0.05, 0) is 17.5 Å². The van der Waals surface area contributed by atoms with E-state index in [1.54, 1.807) is 29.5 Å². The van der Waals surface area contributed by atoms with Crippen molar-refractivity contribution in [2.45, 2.75) is 19.3 Å². The van der Waals surface area contributed by atoms with Gasteiger partial charge in [0.2, 0.25) is 0 Å². The van der Waals surface area contributed by atoms with Gasteiger partial charge in [0, 0.05) is 23.5 Å². The highest BCUT2D eigenvalue weighted by molar-refractivity contribution is 7.09. The summed E-state index contributed by atoms with van der Waals surface area (Å²) in [5.41, 5.74) is 0.596. The molecule has 1 aromatic heterocycles. The maximum atomic E-state index is 13.3. The standard InChI is InChI=1S/C15H18FNO2S/c16-15-6-2-1-4-12(15)8-17-9-13(18)10-19-11-14-5-3-7-20-14/h1-7,13,17-18H,8-11H2. The molecule has 2 rings (SSSR count). The van der Waals surface area contributed by atoms with E-state index < -0.39 is 6.10 Å². The van der Waals surface area contributed by atoms with Gasteiger partial charge in [-0.3, -0.25) is 0 Å². The van der Waals surface area contributed by atoms with Crippen LogP contribution in [-0.2, 0) is 17.9 Å². The first-order valence-corrected chi connectivity index (χ1v) is 7.36. The van der Waals surface area contributed by atoms with Crippen LogP contribution in [0.25, 0.3) is 0 Å². The molecule has 3 nitrogen and oxygen atoms in total. The van der Waals surface area contributed by atoms with Gasteiger partial charge in [-0.15, -0.1) is 11.3 Å². The summed E-state index contributed by atoms with van der Waals surface area (Å²) in [5, 5.41) is 14.8. The zero-order valence-electron chi connectivity index (χ0n) is 11.1. The third-order valence-corrected chi connectivity index (χ3v) is 3.64. The number of aliphatic hydroxyl groups is 1. The van der Waals surface area contributed by atoms with Crippen LogP contribution < -0.4 is 5.32 Å². The summed E-state index contributed by atoms with van der Waals surface area (Å²) in [6, 6.07) is 10.6. The molecule has 0 saturated heterocycles. The number of benzene rings is 1. The second-order valence-corrected chi connectivity index (χ2v) is 5.50. The molecule has 0 amide bonds. The average molecular weight is 295 g/mol. The normalized spacial score (nSPS) is 12.5. The molecule has 1 unspecified atom stereocenters. The van der Waals surface area contributed by atoms with E-state index in [4.69, 9.17) is 4.74 Å². The van der Waals surface area contributed by atoms with Crippen LogP contribution in [0.3, 0.4) is 0 Å². The topological polar surface area (TPSA) is 41.5 Å². The summed E-state index contributed by atoms with van der Waals surface area (Å²) in [4.78, 5) is 1.14. The van der Waals surface area contributed by atoms with Crippen molar-refractivity contribution in [3.05, 3.63) is 58.0 Å². The van der Waals surface area contributed by atoms with Crippen molar-refractivity contribution in [3.63, 3.8) is 0 Å². The summed E-state index contributed by atoms with van der Waals surface area (Å²) < 4.78 is 18.8. The van der Waals surface area contributed by atoms with E-state index >= 15 is 0 Å². The monoisotopic (exact) mass is 295 g/mol. The Morgan fingerprint density at radius 3 is 2.85 bits per heavy atom. The molecule has 1 aromatic carbocycles. The van der Waals surface area contributed by atoms with Crippen LogP contribution in [0.1, 0.15) is 10.4 Å². The second kappa shape index (κ2) is 8.11. The minimum atomic E-state index is -0.596. The van der Waals surface area contributed by atoms with E-state index in [9.17, 15) is 9.50 Å². The molecule has 0 radical (unpaired) electrons. The Bertz CT molecular complexity index is 504. The molecule has 0 saturated carbocycles. The number of hydrogen-bond acceptors (Lipinski definition) is 4. The largest absolute Gasteiger partial charge is 0.389 e. The Morgan fingerprint density at radius 1 is 1.25 bits per heavy atom. The predicted octanol–water partition coefficient (Wildman–Crippen LogP) is 2.55. The smallest absolute Gasteiger partial charge is 0.127 e. The van der Waals surface area contributed by atoms with Crippen molar-refractivity contribution < 1.29 is 14.2 Å². The molecule has 108 valence electrons. The summed E-state index contributed by atoms with van der Waals surface area (Å²) in [5.74, 6) is -0.233. The molecule has 5 heteroatoms. The first kappa shape index (κ1) is 15.1. The van der Waals surface area contributed by atoms with Crippen molar-refractivity contribution in [3.8, 4) is 0 Å². The van der Waals surface area contributed by atoms with Crippen LogP contribution in [0, 0.1) is 5.82 Å². The zero-order chi connectivity index (χ0) is 14.2. The fourth-order valence-electron chi connectivity index (χ4n) is 1.76. The molecule has 2 N–H and O–H groups in total. The highest BCUT2D eigenvalue weighted by atomic mass is 32.1. The van der Waals surface area contributed by atoms with Gasteiger partial charge in [0.1, 0.15) is 5.82 Å². The lowest BCUT2D eigenvalue weighted by atomic mass is 10.2. The lowest BCUT2D eigenvalue weighted by Crippen LogP contribution is -2.30. The lowest BCUT2D eigenvalue weighted by Gasteiger charge is -2.12. The number of ether oxygens (including phenoxy) is 1. The van der Waals surface area contributed by atoms with Crippen LogP contribution in [0.5, 0.6) is 0 Å². The van der Waals surface area contributed by atoms with Crippen LogP contribution in [0.2, 0.25) is 0 Å². The number of aliphatic hydroxyl groups excluding tert-OH is 1. The molecule has 20 heavy (non-hydrogen) atoms. The van der Waals surface area contributed by atoms with E-state index in [1.165, 1.54) is 6.07 Å². The number of thiophene rings is 1. The molecule has 0 bridgehead atoms. The fraction of sp³-hybridized carbons (Fsp3) is 0.333. The SMILES string of the molecule is OC(CNCc1ccccc1F)COCc1cccs1. The van der Waals surface area contributed by atoms with E-state index in [1.807, 2.05) is 17.5 Å². The Morgan fingerprint density at radius 2 is 2.10 bits per heavy atom. The van der Waals surface area contributed by atoms with E-state index in [-0.39, 0.29) is 12.4 Å². The molecule has 0 aliphatic rings. The van der Waals surface area contributed by atoms with Crippen molar-refractivity contribution in [2.24, 2.45) is 0 Å². The Labute approximate surface area is 122 Å². The van der Waals surface area contributed by atoms with Gasteiger partial charge in [-0.1, -0.05) is 24.3 Å². The zero-order valence-corrected chi connectivity index (χ0v) is 11.9. The van der Waals surface area contributed by atoms with Gasteiger partial charge in [-0.2, -0.15) is 0 Å². The van der Waals surface area contributed by atoms with Gasteiger partial charge >= 0.3 is 0 Å². The number of rotatable bonds is 8. The summed E-state index contributed by atoms with van der Waals surface area (Å²) in [6.45, 7) is 1.55. The molecular weight excluding hydrogens is 277 g/mol. The summed E-state index contributed by atoms with van der Waals surface area (Å²) in [7, 11) is 0. The molecule has 2 aromatic rings. The van der Waals surface area contributed by atoms with Gasteiger partial charge in [0.15, 0.2) is 0 Å². The molecule has 0 spiro atoms. The van der Waals surface area contributed by atoms with Crippen molar-refractivity contribution in [1.29, 1.82) is 0 Å². The molecule has 0 fully saturated rings. The highest BCUT2D eigenvalue weighted by Crippen LogP contribution is 2.09. The Kier molecular flexibility index (Phi) is 6.14. The lowest BCUT2D eigenvalue weighted by molar-refractivity contribution is 0.0297. The van der Waals surface area contributed by atoms with Gasteiger partial charge < -0.3 is 15.2 Å². The van der Waals surface area contributed by atoms with Crippen LogP contribution >= 0.6 is 11.3 Å². The fourth-order valence-corrected chi connectivity index (χ4v) is 2.40. The second-order valence-electron chi connectivity index (χ2n) is 4.47. The summed E-state index contributed by atoms with van der Waals surface area (Å²) >= 11 is 1.63. The van der Waals surface area contributed by atoms with E-state index in [0.717, 1.165) is 4.88 Å². The van der Waals surface area contributed by atoms with Crippen molar-refractivity contribution in [2.75, 3.05) is 13.2 Å². The quantitative estimate of drug-likeness (QED) is 0.786. The van der Waals surface area contributed by atoms with Crippen molar-refractivity contribution in [1.82, 2.24) is 5.32 Å². The maximum absolute atomic E-state index is 13.3. The van der Waals surface area contributed by atoms with Gasteiger partial charge in [0.25, 0.3) is 0 Å². The van der Waals surface area contributed by atoms with Crippen LogP contribution in [0.4, 0.5) is 4.39 Å². The Balaban J connectivity index is 1.60. The third-order valence-electron chi connectivity index (χ3n) is 2.79. The van der Waals surface area contributed by atoms with Gasteiger partial charge in [0.05, 0.1) is 19.3 Å². The molecule has 0 aliphatic carbocycles. The molecule has 0 aliphatic heterocycles. The van der Waals surface area contributed by atoms with Crippen molar-refractivity contribution >= 4 is 11.3 Å². The van der Waals surface area contributed by atoms with E-state index in [0.29, 0.717) is 25.3 Å². The molecule has 1 heterocycles. The third kappa shape index (κ3) is 5.02.